The lowest BCUT2D eigenvalue weighted by Gasteiger charge is -2.02. The van der Waals surface area contributed by atoms with Crippen LogP contribution in [-0.2, 0) is 6.42 Å². The minimum atomic E-state index is 1.10. The van der Waals surface area contributed by atoms with Crippen molar-refractivity contribution in [2.24, 2.45) is 0 Å². The van der Waals surface area contributed by atoms with Gasteiger partial charge in [-0.05, 0) is 41.5 Å². The van der Waals surface area contributed by atoms with E-state index in [1.165, 1.54) is 28.7 Å². The van der Waals surface area contributed by atoms with Gasteiger partial charge in [-0.1, -0.05) is 48.6 Å². The van der Waals surface area contributed by atoms with Crippen molar-refractivity contribution in [2.75, 3.05) is 0 Å². The summed E-state index contributed by atoms with van der Waals surface area (Å²) < 4.78 is 0. The zero-order chi connectivity index (χ0) is 10.1. The average molecular weight is 194 g/mol. The van der Waals surface area contributed by atoms with E-state index in [1.54, 1.807) is 0 Å². The van der Waals surface area contributed by atoms with Gasteiger partial charge in [-0.2, -0.15) is 0 Å². The summed E-state index contributed by atoms with van der Waals surface area (Å²) in [6.07, 6.45) is 12.6. The maximum absolute atomic E-state index is 2.30. The first-order valence-corrected chi connectivity index (χ1v) is 5.59. The second-order valence-electron chi connectivity index (χ2n) is 4.15. The molecule has 0 saturated carbocycles. The summed E-state index contributed by atoms with van der Waals surface area (Å²) in [5.74, 6) is 0. The summed E-state index contributed by atoms with van der Waals surface area (Å²) in [7, 11) is 0. The average Bonchev–Trinajstić information content (AvgIpc) is 2.55. The lowest BCUT2D eigenvalue weighted by molar-refractivity contribution is 1.04. The third kappa shape index (κ3) is 1.46. The Kier molecular flexibility index (Phi) is 2.06. The van der Waals surface area contributed by atoms with Crippen LogP contribution in [0.1, 0.15) is 24.0 Å². The zero-order valence-electron chi connectivity index (χ0n) is 8.74. The maximum Gasteiger partial charge on any atom is -0.00136 e. The van der Waals surface area contributed by atoms with Crippen molar-refractivity contribution in [3.8, 4) is 0 Å². The van der Waals surface area contributed by atoms with Crippen molar-refractivity contribution < 1.29 is 0 Å². The minimum Gasteiger partial charge on any atom is -0.0839 e. The fourth-order valence-electron chi connectivity index (χ4n) is 2.38. The molecule has 0 spiro atoms. The van der Waals surface area contributed by atoms with E-state index in [9.17, 15) is 0 Å². The first-order chi connectivity index (χ1) is 7.45. The van der Waals surface area contributed by atoms with E-state index in [0.717, 1.165) is 12.8 Å². The third-order valence-electron chi connectivity index (χ3n) is 3.14. The van der Waals surface area contributed by atoms with Crippen molar-refractivity contribution in [3.63, 3.8) is 0 Å². The van der Waals surface area contributed by atoms with Crippen LogP contribution < -0.4 is 0 Å². The Morgan fingerprint density at radius 2 is 1.67 bits per heavy atom. The number of benzene rings is 1. The van der Waals surface area contributed by atoms with Gasteiger partial charge in [0.1, 0.15) is 0 Å². The van der Waals surface area contributed by atoms with Crippen LogP contribution in [0.25, 0.3) is 5.57 Å². The van der Waals surface area contributed by atoms with Gasteiger partial charge >= 0.3 is 0 Å². The topological polar surface area (TPSA) is 0 Å². The summed E-state index contributed by atoms with van der Waals surface area (Å²) >= 11 is 0. The van der Waals surface area contributed by atoms with Gasteiger partial charge in [-0.15, -0.1) is 0 Å². The lowest BCUT2D eigenvalue weighted by atomic mass is 10.0. The first-order valence-electron chi connectivity index (χ1n) is 5.59. The van der Waals surface area contributed by atoms with Crippen molar-refractivity contribution >= 4 is 5.57 Å². The Hall–Kier alpha value is -1.56. The molecule has 74 valence electrons. The van der Waals surface area contributed by atoms with Crippen LogP contribution in [0, 0.1) is 0 Å². The summed E-state index contributed by atoms with van der Waals surface area (Å²) in [4.78, 5) is 0. The number of hydrogen-bond donors (Lipinski definition) is 0. The molecule has 2 aliphatic carbocycles. The molecular formula is C15H14. The Morgan fingerprint density at radius 3 is 2.60 bits per heavy atom. The molecule has 3 rings (SSSR count). The van der Waals surface area contributed by atoms with Gasteiger partial charge in [0.15, 0.2) is 0 Å². The highest BCUT2D eigenvalue weighted by Crippen LogP contribution is 2.35. The summed E-state index contributed by atoms with van der Waals surface area (Å²) in [6.45, 7) is 0. The maximum atomic E-state index is 2.30. The van der Waals surface area contributed by atoms with E-state index < -0.39 is 0 Å². The summed E-state index contributed by atoms with van der Waals surface area (Å²) in [5.41, 5.74) is 5.81. The molecule has 0 aliphatic heterocycles. The summed E-state index contributed by atoms with van der Waals surface area (Å²) in [5, 5.41) is 0. The molecule has 15 heavy (non-hydrogen) atoms. The zero-order valence-corrected chi connectivity index (χ0v) is 8.74. The fourth-order valence-corrected chi connectivity index (χ4v) is 2.38. The molecule has 0 nitrogen and oxygen atoms in total. The molecule has 0 bridgehead atoms. The molecule has 0 N–H and O–H groups in total. The van der Waals surface area contributed by atoms with Crippen LogP contribution in [0.4, 0.5) is 0 Å². The van der Waals surface area contributed by atoms with Gasteiger partial charge in [0, 0.05) is 0 Å². The Morgan fingerprint density at radius 1 is 0.867 bits per heavy atom. The molecule has 0 unspecified atom stereocenters. The predicted octanol–water partition coefficient (Wildman–Crippen LogP) is 3.90. The predicted molar refractivity (Wildman–Crippen MR) is 64.6 cm³/mol. The molecule has 0 aromatic heterocycles. The standard InChI is InChI=1S/C15H14/c1-2-4-9-14-12(7-3-1)11-13-8-5-6-10-15(13)14/h3-10H,1-2,11H2/b7-3-,9-4-. The largest absolute Gasteiger partial charge is 0.0839 e. The molecule has 0 heteroatoms. The first kappa shape index (κ1) is 8.72. The van der Waals surface area contributed by atoms with E-state index >= 15 is 0 Å². The molecular weight excluding hydrogens is 180 g/mol. The normalized spacial score (nSPS) is 22.7. The molecule has 1 aromatic rings. The Bertz CT molecular complexity index is 473. The number of rotatable bonds is 0. The van der Waals surface area contributed by atoms with Crippen LogP contribution in [0.3, 0.4) is 0 Å². The second kappa shape index (κ2) is 3.54. The van der Waals surface area contributed by atoms with Gasteiger partial charge in [-0.3, -0.25) is 0 Å². The van der Waals surface area contributed by atoms with Crippen LogP contribution >= 0.6 is 0 Å². The Balaban J connectivity index is 2.14. The van der Waals surface area contributed by atoms with E-state index in [0.29, 0.717) is 0 Å². The highest BCUT2D eigenvalue weighted by atomic mass is 14.2. The van der Waals surface area contributed by atoms with Crippen molar-refractivity contribution in [1.29, 1.82) is 0 Å². The fraction of sp³-hybridized carbons (Fsp3) is 0.200. The number of hydrogen-bond acceptors (Lipinski definition) is 0. The third-order valence-corrected chi connectivity index (χ3v) is 3.14. The molecule has 0 saturated heterocycles. The molecule has 1 aromatic carbocycles. The molecule has 0 atom stereocenters. The van der Waals surface area contributed by atoms with Crippen molar-refractivity contribution in [3.05, 3.63) is 65.3 Å². The van der Waals surface area contributed by atoms with Crippen LogP contribution in [0.5, 0.6) is 0 Å². The van der Waals surface area contributed by atoms with Crippen LogP contribution in [0.2, 0.25) is 0 Å². The molecule has 2 aliphatic rings. The highest BCUT2D eigenvalue weighted by molar-refractivity contribution is 5.84. The molecule has 0 amide bonds. The van der Waals surface area contributed by atoms with Gasteiger partial charge in [-0.25, -0.2) is 0 Å². The summed E-state index contributed by atoms with van der Waals surface area (Å²) in [6, 6.07) is 8.73. The SMILES string of the molecule is C1=C\C2=C(/C=C\CC/1)c1ccccc1C2. The second-order valence-corrected chi connectivity index (χ2v) is 4.15. The number of allylic oxidation sites excluding steroid dienone is 6. The smallest absolute Gasteiger partial charge is 0.00136 e. The van der Waals surface area contributed by atoms with Crippen molar-refractivity contribution in [1.82, 2.24) is 0 Å². The molecule has 0 heterocycles. The minimum absolute atomic E-state index is 1.10. The highest BCUT2D eigenvalue weighted by Gasteiger charge is 2.17. The number of fused-ring (bicyclic) bond motifs is 2. The van der Waals surface area contributed by atoms with E-state index in [1.807, 2.05) is 0 Å². The monoisotopic (exact) mass is 194 g/mol. The van der Waals surface area contributed by atoms with Gasteiger partial charge < -0.3 is 0 Å². The Labute approximate surface area is 90.6 Å². The quantitative estimate of drug-likeness (QED) is 0.587. The van der Waals surface area contributed by atoms with E-state index in [-0.39, 0.29) is 0 Å². The van der Waals surface area contributed by atoms with Gasteiger partial charge in [0.05, 0.1) is 0 Å². The van der Waals surface area contributed by atoms with Crippen molar-refractivity contribution in [2.45, 2.75) is 19.3 Å². The molecule has 0 radical (unpaired) electrons. The van der Waals surface area contributed by atoms with E-state index in [2.05, 4.69) is 48.6 Å². The van der Waals surface area contributed by atoms with Crippen LogP contribution in [-0.4, -0.2) is 0 Å². The molecule has 0 fully saturated rings. The van der Waals surface area contributed by atoms with Gasteiger partial charge in [0.2, 0.25) is 0 Å². The van der Waals surface area contributed by atoms with Gasteiger partial charge in [0.25, 0.3) is 0 Å². The lowest BCUT2D eigenvalue weighted by Crippen LogP contribution is -1.81. The van der Waals surface area contributed by atoms with E-state index in [4.69, 9.17) is 0 Å². The van der Waals surface area contributed by atoms with Crippen LogP contribution in [0.15, 0.2) is 54.1 Å².